The fourth-order valence-corrected chi connectivity index (χ4v) is 2.27. The summed E-state index contributed by atoms with van der Waals surface area (Å²) in [5, 5.41) is 5.42. The van der Waals surface area contributed by atoms with Gasteiger partial charge in [-0.15, -0.1) is 0 Å². The van der Waals surface area contributed by atoms with E-state index in [2.05, 4.69) is 10.6 Å². The van der Waals surface area contributed by atoms with Gasteiger partial charge in [0.05, 0.1) is 6.54 Å². The molecule has 24 heavy (non-hydrogen) atoms. The minimum Gasteiger partial charge on any atom is -0.343 e. The van der Waals surface area contributed by atoms with E-state index in [-0.39, 0.29) is 18.4 Å². The van der Waals surface area contributed by atoms with Gasteiger partial charge in [-0.25, -0.2) is 0 Å². The highest BCUT2D eigenvalue weighted by atomic mass is 16.2. The minimum absolute atomic E-state index is 0.0646. The standard InChI is InChI=1S/C20H22N2O2/c1-14-7-9-17(10-8-14)11-12-18(23)21-13-19(24)22-20-15(2)5-4-6-16(20)3/h4-12H,13H2,1-3H3,(H,21,23)(H,22,24)/b12-11+. The van der Waals surface area contributed by atoms with Crippen LogP contribution in [0.5, 0.6) is 0 Å². The molecule has 0 atom stereocenters. The second kappa shape index (κ2) is 8.11. The molecule has 2 aromatic rings. The highest BCUT2D eigenvalue weighted by Crippen LogP contribution is 2.18. The van der Waals surface area contributed by atoms with Gasteiger partial charge in [0, 0.05) is 11.8 Å². The quantitative estimate of drug-likeness (QED) is 0.829. The van der Waals surface area contributed by atoms with Gasteiger partial charge in [0.25, 0.3) is 0 Å². The van der Waals surface area contributed by atoms with Crippen molar-refractivity contribution >= 4 is 23.6 Å². The van der Waals surface area contributed by atoms with E-state index in [1.54, 1.807) is 6.08 Å². The number of carbonyl (C=O) groups is 2. The molecule has 4 nitrogen and oxygen atoms in total. The molecule has 0 radical (unpaired) electrons. The Morgan fingerprint density at radius 3 is 2.21 bits per heavy atom. The Labute approximate surface area is 142 Å². The molecule has 0 saturated heterocycles. The number of hydrogen-bond donors (Lipinski definition) is 2. The Hall–Kier alpha value is -2.88. The van der Waals surface area contributed by atoms with E-state index in [1.165, 1.54) is 11.6 Å². The Morgan fingerprint density at radius 2 is 1.58 bits per heavy atom. The number of para-hydroxylation sites is 1. The zero-order valence-electron chi connectivity index (χ0n) is 14.2. The van der Waals surface area contributed by atoms with Crippen molar-refractivity contribution < 1.29 is 9.59 Å². The molecule has 124 valence electrons. The van der Waals surface area contributed by atoms with Crippen LogP contribution in [0, 0.1) is 20.8 Å². The molecule has 2 rings (SSSR count). The van der Waals surface area contributed by atoms with Crippen LogP contribution in [0.2, 0.25) is 0 Å². The van der Waals surface area contributed by atoms with E-state index in [0.29, 0.717) is 0 Å². The topological polar surface area (TPSA) is 58.2 Å². The van der Waals surface area contributed by atoms with Crippen molar-refractivity contribution in [2.24, 2.45) is 0 Å². The molecule has 2 N–H and O–H groups in total. The lowest BCUT2D eigenvalue weighted by molar-refractivity contribution is -0.121. The van der Waals surface area contributed by atoms with Crippen LogP contribution in [0.15, 0.2) is 48.5 Å². The van der Waals surface area contributed by atoms with Crippen molar-refractivity contribution in [3.05, 3.63) is 70.8 Å². The first kappa shape index (κ1) is 17.5. The van der Waals surface area contributed by atoms with Gasteiger partial charge in [-0.1, -0.05) is 48.0 Å². The normalized spacial score (nSPS) is 10.6. The average molecular weight is 322 g/mol. The van der Waals surface area contributed by atoms with Crippen molar-refractivity contribution in [3.63, 3.8) is 0 Å². The summed E-state index contributed by atoms with van der Waals surface area (Å²) >= 11 is 0. The molecule has 0 fully saturated rings. The first-order valence-corrected chi connectivity index (χ1v) is 7.84. The molecule has 0 spiro atoms. The summed E-state index contributed by atoms with van der Waals surface area (Å²) in [5.74, 6) is -0.545. The largest absolute Gasteiger partial charge is 0.343 e. The minimum atomic E-state index is -0.299. The smallest absolute Gasteiger partial charge is 0.244 e. The molecule has 0 heterocycles. The Balaban J connectivity index is 1.85. The van der Waals surface area contributed by atoms with Crippen LogP contribution in [-0.2, 0) is 9.59 Å². The number of anilines is 1. The molecule has 0 saturated carbocycles. The molecule has 0 aliphatic carbocycles. The van der Waals surface area contributed by atoms with E-state index in [0.717, 1.165) is 22.4 Å². The van der Waals surface area contributed by atoms with Crippen LogP contribution < -0.4 is 10.6 Å². The third kappa shape index (κ3) is 5.09. The lowest BCUT2D eigenvalue weighted by atomic mass is 10.1. The van der Waals surface area contributed by atoms with Gasteiger partial charge in [-0.05, 0) is 43.5 Å². The van der Waals surface area contributed by atoms with E-state index in [9.17, 15) is 9.59 Å². The second-order valence-corrected chi connectivity index (χ2v) is 5.78. The molecule has 0 aliphatic heterocycles. The molecule has 0 aliphatic rings. The van der Waals surface area contributed by atoms with E-state index >= 15 is 0 Å². The average Bonchev–Trinajstić information content (AvgIpc) is 2.56. The fraction of sp³-hybridized carbons (Fsp3) is 0.200. The van der Waals surface area contributed by atoms with Crippen molar-refractivity contribution in [3.8, 4) is 0 Å². The van der Waals surface area contributed by atoms with Crippen LogP contribution in [0.25, 0.3) is 6.08 Å². The summed E-state index contributed by atoms with van der Waals surface area (Å²) in [6, 6.07) is 13.7. The lowest BCUT2D eigenvalue weighted by Gasteiger charge is -2.11. The van der Waals surface area contributed by atoms with Gasteiger partial charge in [-0.3, -0.25) is 9.59 Å². The maximum atomic E-state index is 12.0. The van der Waals surface area contributed by atoms with E-state index in [1.807, 2.05) is 63.2 Å². The number of rotatable bonds is 5. The number of nitrogens with one attached hydrogen (secondary N) is 2. The molecular formula is C20H22N2O2. The van der Waals surface area contributed by atoms with Crippen molar-refractivity contribution in [2.45, 2.75) is 20.8 Å². The van der Waals surface area contributed by atoms with E-state index < -0.39 is 0 Å². The number of hydrogen-bond acceptors (Lipinski definition) is 2. The monoisotopic (exact) mass is 322 g/mol. The van der Waals surface area contributed by atoms with Gasteiger partial charge in [0.2, 0.25) is 11.8 Å². The molecular weight excluding hydrogens is 300 g/mol. The van der Waals surface area contributed by atoms with Gasteiger partial charge >= 0.3 is 0 Å². The third-order valence-electron chi connectivity index (χ3n) is 3.67. The SMILES string of the molecule is Cc1ccc(/C=C/C(=O)NCC(=O)Nc2c(C)cccc2C)cc1. The molecule has 4 heteroatoms. The lowest BCUT2D eigenvalue weighted by Crippen LogP contribution is -2.32. The highest BCUT2D eigenvalue weighted by molar-refractivity contribution is 5.98. The van der Waals surface area contributed by atoms with Crippen LogP contribution in [0.3, 0.4) is 0 Å². The molecule has 0 aromatic heterocycles. The Morgan fingerprint density at radius 1 is 0.958 bits per heavy atom. The summed E-state index contributed by atoms with van der Waals surface area (Å²) in [5.41, 5.74) is 4.89. The zero-order chi connectivity index (χ0) is 17.5. The number of carbonyl (C=O) groups excluding carboxylic acids is 2. The predicted octanol–water partition coefficient (Wildman–Crippen LogP) is 3.38. The van der Waals surface area contributed by atoms with Crippen LogP contribution in [0.4, 0.5) is 5.69 Å². The van der Waals surface area contributed by atoms with Crippen molar-refractivity contribution in [1.29, 1.82) is 0 Å². The summed E-state index contributed by atoms with van der Waals surface area (Å²) in [6.45, 7) is 5.82. The Bertz CT molecular complexity index is 741. The van der Waals surface area contributed by atoms with Gasteiger partial charge < -0.3 is 10.6 Å². The molecule has 0 bridgehead atoms. The van der Waals surface area contributed by atoms with Gasteiger partial charge in [0.15, 0.2) is 0 Å². The van der Waals surface area contributed by atoms with E-state index in [4.69, 9.17) is 0 Å². The third-order valence-corrected chi connectivity index (χ3v) is 3.67. The zero-order valence-corrected chi connectivity index (χ0v) is 14.2. The van der Waals surface area contributed by atoms with Crippen LogP contribution >= 0.6 is 0 Å². The predicted molar refractivity (Wildman–Crippen MR) is 97.8 cm³/mol. The van der Waals surface area contributed by atoms with Crippen LogP contribution in [0.1, 0.15) is 22.3 Å². The number of benzene rings is 2. The maximum absolute atomic E-state index is 12.0. The molecule has 2 aromatic carbocycles. The Kier molecular flexibility index (Phi) is 5.90. The molecule has 0 unspecified atom stereocenters. The highest BCUT2D eigenvalue weighted by Gasteiger charge is 2.07. The fourth-order valence-electron chi connectivity index (χ4n) is 2.27. The van der Waals surface area contributed by atoms with Gasteiger partial charge in [0.1, 0.15) is 0 Å². The maximum Gasteiger partial charge on any atom is 0.244 e. The summed E-state index contributed by atoms with van der Waals surface area (Å²) in [7, 11) is 0. The summed E-state index contributed by atoms with van der Waals surface area (Å²) in [6.07, 6.45) is 3.15. The van der Waals surface area contributed by atoms with Crippen LogP contribution in [-0.4, -0.2) is 18.4 Å². The van der Waals surface area contributed by atoms with Crippen molar-refractivity contribution in [2.75, 3.05) is 11.9 Å². The number of aryl methyl sites for hydroxylation is 3. The second-order valence-electron chi connectivity index (χ2n) is 5.78. The molecule has 2 amide bonds. The first-order valence-electron chi connectivity index (χ1n) is 7.84. The van der Waals surface area contributed by atoms with Gasteiger partial charge in [-0.2, -0.15) is 0 Å². The first-order chi connectivity index (χ1) is 11.5. The number of amides is 2. The van der Waals surface area contributed by atoms with Crippen molar-refractivity contribution in [1.82, 2.24) is 5.32 Å². The summed E-state index contributed by atoms with van der Waals surface area (Å²) in [4.78, 5) is 23.8. The summed E-state index contributed by atoms with van der Waals surface area (Å²) < 4.78 is 0.